The number of thiophene rings is 1. The van der Waals surface area contributed by atoms with Crippen LogP contribution in [-0.2, 0) is 13.0 Å². The first-order valence-corrected chi connectivity index (χ1v) is 7.28. The Balaban J connectivity index is 2.34. The van der Waals surface area contributed by atoms with E-state index in [9.17, 15) is 14.7 Å². The first kappa shape index (κ1) is 14.8. The first-order chi connectivity index (χ1) is 9.40. The fraction of sp³-hybridized carbons (Fsp3) is 0.286. The van der Waals surface area contributed by atoms with Crippen molar-refractivity contribution in [2.45, 2.75) is 26.8 Å². The van der Waals surface area contributed by atoms with Crippen LogP contribution in [0.15, 0.2) is 23.0 Å². The van der Waals surface area contributed by atoms with E-state index in [0.717, 1.165) is 4.88 Å². The van der Waals surface area contributed by atoms with Gasteiger partial charge in [0.1, 0.15) is 0 Å². The van der Waals surface area contributed by atoms with E-state index in [1.807, 2.05) is 12.1 Å². The minimum absolute atomic E-state index is 0.173. The molecule has 0 aromatic carbocycles. The second-order valence-electron chi connectivity index (χ2n) is 4.54. The highest BCUT2D eigenvalue weighted by molar-refractivity contribution is 7.16. The smallest absolute Gasteiger partial charge is 0.337 e. The molecule has 2 heterocycles. The molecule has 4 nitrogen and oxygen atoms in total. The van der Waals surface area contributed by atoms with Crippen LogP contribution in [0.2, 0.25) is 4.34 Å². The molecule has 0 amide bonds. The zero-order chi connectivity index (χ0) is 14.9. The lowest BCUT2D eigenvalue weighted by Gasteiger charge is -2.13. The van der Waals surface area contributed by atoms with Crippen molar-refractivity contribution in [3.05, 3.63) is 54.6 Å². The molecule has 0 aliphatic heterocycles. The molecular weight excluding hydrogens is 298 g/mol. The van der Waals surface area contributed by atoms with Crippen LogP contribution < -0.4 is 5.56 Å². The van der Waals surface area contributed by atoms with Crippen molar-refractivity contribution in [2.75, 3.05) is 0 Å². The number of aryl methyl sites for hydroxylation is 2. The molecule has 0 aliphatic carbocycles. The summed E-state index contributed by atoms with van der Waals surface area (Å²) in [5, 5.41) is 9.22. The van der Waals surface area contributed by atoms with Crippen molar-refractivity contribution in [1.82, 2.24) is 4.57 Å². The molecule has 2 aromatic heterocycles. The summed E-state index contributed by atoms with van der Waals surface area (Å²) in [6.45, 7) is 3.75. The summed E-state index contributed by atoms with van der Waals surface area (Å²) in [7, 11) is 0. The minimum atomic E-state index is -1.01. The molecule has 0 fully saturated rings. The van der Waals surface area contributed by atoms with Crippen LogP contribution in [0.4, 0.5) is 0 Å². The van der Waals surface area contributed by atoms with Crippen molar-refractivity contribution in [3.63, 3.8) is 0 Å². The van der Waals surface area contributed by atoms with Gasteiger partial charge in [-0.1, -0.05) is 11.6 Å². The molecule has 0 radical (unpaired) electrons. The SMILES string of the molecule is Cc1cc(=O)n(CCc2ccc(Cl)s2)c(C)c1C(=O)O. The van der Waals surface area contributed by atoms with Crippen molar-refractivity contribution in [2.24, 2.45) is 0 Å². The molecule has 0 atom stereocenters. The van der Waals surface area contributed by atoms with E-state index in [2.05, 4.69) is 0 Å². The average Bonchev–Trinajstić information content (AvgIpc) is 2.73. The highest BCUT2D eigenvalue weighted by Gasteiger charge is 2.15. The van der Waals surface area contributed by atoms with Crippen LogP contribution in [0, 0.1) is 13.8 Å². The molecule has 0 bridgehead atoms. The van der Waals surface area contributed by atoms with Crippen molar-refractivity contribution in [1.29, 1.82) is 0 Å². The van der Waals surface area contributed by atoms with E-state index in [-0.39, 0.29) is 11.1 Å². The fourth-order valence-electron chi connectivity index (χ4n) is 2.23. The lowest BCUT2D eigenvalue weighted by atomic mass is 10.1. The number of carboxylic acid groups (broad SMARTS) is 1. The second-order valence-corrected chi connectivity index (χ2v) is 6.34. The standard InChI is InChI=1S/C14H14ClNO3S/c1-8-7-12(17)16(9(2)13(8)14(18)19)6-5-10-3-4-11(15)20-10/h3-4,7H,5-6H2,1-2H3,(H,18,19). The molecule has 2 aromatic rings. The molecule has 2 rings (SSSR count). The van der Waals surface area contributed by atoms with Gasteiger partial charge < -0.3 is 9.67 Å². The maximum atomic E-state index is 12.0. The number of carboxylic acids is 1. The Morgan fingerprint density at radius 1 is 1.40 bits per heavy atom. The number of aromatic carboxylic acids is 1. The third-order valence-electron chi connectivity index (χ3n) is 3.19. The van der Waals surface area contributed by atoms with Crippen LogP contribution in [0.5, 0.6) is 0 Å². The van der Waals surface area contributed by atoms with Gasteiger partial charge in [0, 0.05) is 23.2 Å². The molecule has 1 N–H and O–H groups in total. The highest BCUT2D eigenvalue weighted by atomic mass is 35.5. The summed E-state index contributed by atoms with van der Waals surface area (Å²) in [5.74, 6) is -1.01. The van der Waals surface area contributed by atoms with Gasteiger partial charge in [-0.3, -0.25) is 4.79 Å². The summed E-state index contributed by atoms with van der Waals surface area (Å²) in [6.07, 6.45) is 0.653. The normalized spacial score (nSPS) is 10.8. The quantitative estimate of drug-likeness (QED) is 0.943. The number of hydrogen-bond donors (Lipinski definition) is 1. The van der Waals surface area contributed by atoms with Crippen molar-refractivity contribution in [3.8, 4) is 0 Å². The van der Waals surface area contributed by atoms with Gasteiger partial charge in [0.15, 0.2) is 0 Å². The molecule has 0 saturated heterocycles. The maximum absolute atomic E-state index is 12.0. The lowest BCUT2D eigenvalue weighted by molar-refractivity contribution is 0.0694. The van der Waals surface area contributed by atoms with Crippen molar-refractivity contribution >= 4 is 28.9 Å². The Bertz CT molecular complexity index is 718. The summed E-state index contributed by atoms with van der Waals surface area (Å²) < 4.78 is 2.21. The number of halogens is 1. The molecule has 0 aliphatic rings. The topological polar surface area (TPSA) is 59.3 Å². The van der Waals surface area contributed by atoms with Gasteiger partial charge in [0.2, 0.25) is 0 Å². The van der Waals surface area contributed by atoms with Crippen molar-refractivity contribution < 1.29 is 9.90 Å². The zero-order valence-electron chi connectivity index (χ0n) is 11.1. The Morgan fingerprint density at radius 2 is 2.10 bits per heavy atom. The van der Waals surface area contributed by atoms with Gasteiger partial charge in [0.25, 0.3) is 5.56 Å². The third kappa shape index (κ3) is 2.94. The van der Waals surface area contributed by atoms with Gasteiger partial charge in [-0.25, -0.2) is 4.79 Å². The van der Waals surface area contributed by atoms with Gasteiger partial charge in [-0.15, -0.1) is 11.3 Å². The summed E-state index contributed by atoms with van der Waals surface area (Å²) in [5.41, 5.74) is 1.02. The van der Waals surface area contributed by atoms with Crippen LogP contribution in [0.3, 0.4) is 0 Å². The first-order valence-electron chi connectivity index (χ1n) is 6.08. The Morgan fingerprint density at radius 3 is 2.65 bits per heavy atom. The van der Waals surface area contributed by atoms with E-state index >= 15 is 0 Å². The number of aromatic nitrogens is 1. The summed E-state index contributed by atoms with van der Waals surface area (Å²) >= 11 is 7.33. The molecule has 0 unspecified atom stereocenters. The Labute approximate surface area is 125 Å². The zero-order valence-corrected chi connectivity index (χ0v) is 12.7. The summed E-state index contributed by atoms with van der Waals surface area (Å²) in [6, 6.07) is 5.10. The molecule has 106 valence electrons. The number of nitrogens with zero attached hydrogens (tertiary/aromatic N) is 1. The monoisotopic (exact) mass is 311 g/mol. The Kier molecular flexibility index (Phi) is 4.30. The minimum Gasteiger partial charge on any atom is -0.478 e. The maximum Gasteiger partial charge on any atom is 0.337 e. The fourth-order valence-corrected chi connectivity index (χ4v) is 3.31. The predicted molar refractivity (Wildman–Crippen MR) is 80.2 cm³/mol. The summed E-state index contributed by atoms with van der Waals surface area (Å²) in [4.78, 5) is 24.3. The number of hydrogen-bond acceptors (Lipinski definition) is 3. The number of pyridine rings is 1. The molecular formula is C14H14ClNO3S. The third-order valence-corrected chi connectivity index (χ3v) is 4.48. The van der Waals surface area contributed by atoms with Gasteiger partial charge in [-0.2, -0.15) is 0 Å². The van der Waals surface area contributed by atoms with Gasteiger partial charge in [-0.05, 0) is 38.0 Å². The molecule has 0 saturated carbocycles. The van der Waals surface area contributed by atoms with E-state index in [1.165, 1.54) is 22.0 Å². The van der Waals surface area contributed by atoms with Gasteiger partial charge >= 0.3 is 5.97 Å². The van der Waals surface area contributed by atoms with Crippen LogP contribution in [0.1, 0.15) is 26.5 Å². The van der Waals surface area contributed by atoms with Gasteiger partial charge in [0.05, 0.1) is 9.90 Å². The van der Waals surface area contributed by atoms with Crippen LogP contribution >= 0.6 is 22.9 Å². The molecule has 20 heavy (non-hydrogen) atoms. The molecule has 0 spiro atoms. The number of carbonyl (C=O) groups is 1. The highest BCUT2D eigenvalue weighted by Crippen LogP contribution is 2.22. The van der Waals surface area contributed by atoms with E-state index in [1.54, 1.807) is 13.8 Å². The number of rotatable bonds is 4. The van der Waals surface area contributed by atoms with Crippen LogP contribution in [0.25, 0.3) is 0 Å². The molecule has 6 heteroatoms. The Hall–Kier alpha value is -1.59. The predicted octanol–water partition coefficient (Wildman–Crippen LogP) is 3.12. The van der Waals surface area contributed by atoms with E-state index in [4.69, 9.17) is 11.6 Å². The van der Waals surface area contributed by atoms with Crippen LogP contribution in [-0.4, -0.2) is 15.6 Å². The van der Waals surface area contributed by atoms with E-state index < -0.39 is 5.97 Å². The van der Waals surface area contributed by atoms with E-state index in [0.29, 0.717) is 28.6 Å². The second kappa shape index (κ2) is 5.81. The lowest BCUT2D eigenvalue weighted by Crippen LogP contribution is -2.26. The largest absolute Gasteiger partial charge is 0.478 e. The average molecular weight is 312 g/mol.